The minimum absolute atomic E-state index is 0.312. The van der Waals surface area contributed by atoms with Gasteiger partial charge in [0.1, 0.15) is 17.5 Å². The van der Waals surface area contributed by atoms with E-state index in [1.165, 1.54) is 13.4 Å². The molecule has 4 rings (SSSR count). The number of rotatable bonds is 4. The highest BCUT2D eigenvalue weighted by atomic mass is 16.6. The van der Waals surface area contributed by atoms with Crippen LogP contribution in [-0.4, -0.2) is 28.5 Å². The molecule has 0 saturated carbocycles. The standard InChI is InChI=1S/C17H12N4O4/c1-23-13-8-7-12(15-16(13)21-25-20-15)18-17(22)11-9-24-19-14(11)10-5-3-2-4-6-10/h2-9H,1H3,(H,18,22). The third-order valence-electron chi connectivity index (χ3n) is 3.71. The molecule has 1 amide bonds. The molecule has 8 nitrogen and oxygen atoms in total. The van der Waals surface area contributed by atoms with Gasteiger partial charge in [0.25, 0.3) is 5.91 Å². The molecule has 0 atom stereocenters. The average molecular weight is 336 g/mol. The zero-order valence-corrected chi connectivity index (χ0v) is 13.1. The minimum Gasteiger partial charge on any atom is -0.494 e. The summed E-state index contributed by atoms with van der Waals surface area (Å²) in [4.78, 5) is 12.7. The number of nitrogens with one attached hydrogen (secondary N) is 1. The maximum Gasteiger partial charge on any atom is 0.261 e. The van der Waals surface area contributed by atoms with Gasteiger partial charge in [-0.2, -0.15) is 0 Å². The number of nitrogens with zero attached hydrogens (tertiary/aromatic N) is 3. The number of methoxy groups -OCH3 is 1. The van der Waals surface area contributed by atoms with E-state index in [1.807, 2.05) is 30.3 Å². The molecule has 2 heterocycles. The molecule has 0 spiro atoms. The zero-order valence-electron chi connectivity index (χ0n) is 13.1. The van der Waals surface area contributed by atoms with Crippen LogP contribution in [0.3, 0.4) is 0 Å². The summed E-state index contributed by atoms with van der Waals surface area (Å²) in [7, 11) is 1.52. The second-order valence-electron chi connectivity index (χ2n) is 5.17. The Morgan fingerprint density at radius 2 is 1.84 bits per heavy atom. The highest BCUT2D eigenvalue weighted by Crippen LogP contribution is 2.30. The molecular formula is C17H12N4O4. The second-order valence-corrected chi connectivity index (χ2v) is 5.17. The number of benzene rings is 2. The van der Waals surface area contributed by atoms with Gasteiger partial charge in [0.2, 0.25) is 0 Å². The SMILES string of the molecule is COc1ccc(NC(=O)c2conc2-c2ccccc2)c2nonc12. The van der Waals surface area contributed by atoms with Gasteiger partial charge in [-0.05, 0) is 22.4 Å². The Bertz CT molecular complexity index is 1040. The topological polar surface area (TPSA) is 103 Å². The number of ether oxygens (including phenoxy) is 1. The number of fused-ring (bicyclic) bond motifs is 1. The van der Waals surface area contributed by atoms with Crippen LogP contribution in [0, 0.1) is 0 Å². The first kappa shape index (κ1) is 14.9. The van der Waals surface area contributed by atoms with Crippen LogP contribution in [0.25, 0.3) is 22.3 Å². The van der Waals surface area contributed by atoms with Crippen molar-refractivity contribution in [3.8, 4) is 17.0 Å². The van der Waals surface area contributed by atoms with Crippen LogP contribution >= 0.6 is 0 Å². The maximum atomic E-state index is 12.7. The van der Waals surface area contributed by atoms with Gasteiger partial charge in [-0.3, -0.25) is 4.79 Å². The van der Waals surface area contributed by atoms with Gasteiger partial charge >= 0.3 is 0 Å². The number of aromatic nitrogens is 3. The fourth-order valence-corrected chi connectivity index (χ4v) is 2.50. The first-order chi connectivity index (χ1) is 12.3. The molecular weight excluding hydrogens is 324 g/mol. The van der Waals surface area contributed by atoms with Crippen LogP contribution in [0.15, 0.2) is 57.9 Å². The predicted molar refractivity (Wildman–Crippen MR) is 88.2 cm³/mol. The van der Waals surface area contributed by atoms with Crippen LogP contribution < -0.4 is 10.1 Å². The highest BCUT2D eigenvalue weighted by Gasteiger charge is 2.20. The Morgan fingerprint density at radius 1 is 1.04 bits per heavy atom. The molecule has 1 N–H and O–H groups in total. The summed E-state index contributed by atoms with van der Waals surface area (Å²) in [5.41, 5.74) is 2.82. The van der Waals surface area contributed by atoms with E-state index in [0.717, 1.165) is 5.56 Å². The van der Waals surface area contributed by atoms with Gasteiger partial charge in [0.15, 0.2) is 16.8 Å². The lowest BCUT2D eigenvalue weighted by Crippen LogP contribution is -2.12. The first-order valence-electron chi connectivity index (χ1n) is 7.38. The van der Waals surface area contributed by atoms with Crippen molar-refractivity contribution in [2.24, 2.45) is 0 Å². The van der Waals surface area contributed by atoms with Crippen LogP contribution in [0.2, 0.25) is 0 Å². The van der Waals surface area contributed by atoms with Gasteiger partial charge in [-0.25, -0.2) is 4.63 Å². The van der Waals surface area contributed by atoms with E-state index in [9.17, 15) is 4.79 Å². The Morgan fingerprint density at radius 3 is 2.64 bits per heavy atom. The summed E-state index contributed by atoms with van der Waals surface area (Å²) in [5.74, 6) is 0.124. The second kappa shape index (κ2) is 6.08. The van der Waals surface area contributed by atoms with Crippen LogP contribution in [0.4, 0.5) is 5.69 Å². The lowest BCUT2D eigenvalue weighted by molar-refractivity contribution is 0.102. The minimum atomic E-state index is -0.380. The van der Waals surface area contributed by atoms with E-state index >= 15 is 0 Å². The summed E-state index contributed by atoms with van der Waals surface area (Å²) in [6, 6.07) is 12.6. The van der Waals surface area contributed by atoms with Gasteiger partial charge in [-0.1, -0.05) is 35.5 Å². The summed E-state index contributed by atoms with van der Waals surface area (Å²) >= 11 is 0. The monoisotopic (exact) mass is 336 g/mol. The Labute approximate surface area is 141 Å². The molecule has 0 aliphatic heterocycles. The van der Waals surface area contributed by atoms with Gasteiger partial charge < -0.3 is 14.6 Å². The molecule has 25 heavy (non-hydrogen) atoms. The zero-order chi connectivity index (χ0) is 17.2. The molecule has 0 radical (unpaired) electrons. The van der Waals surface area contributed by atoms with Crippen molar-refractivity contribution in [2.45, 2.75) is 0 Å². The lowest BCUT2D eigenvalue weighted by atomic mass is 10.1. The van der Waals surface area contributed by atoms with E-state index in [0.29, 0.717) is 33.7 Å². The Balaban J connectivity index is 1.68. The molecule has 0 aliphatic carbocycles. The van der Waals surface area contributed by atoms with Crippen molar-refractivity contribution in [3.63, 3.8) is 0 Å². The largest absolute Gasteiger partial charge is 0.494 e. The smallest absolute Gasteiger partial charge is 0.261 e. The number of hydrogen-bond acceptors (Lipinski definition) is 7. The molecule has 0 aliphatic rings. The summed E-state index contributed by atoms with van der Waals surface area (Å²) < 4.78 is 14.9. The van der Waals surface area contributed by atoms with Crippen molar-refractivity contribution < 1.29 is 18.7 Å². The average Bonchev–Trinajstić information content (AvgIpc) is 3.32. The Hall–Kier alpha value is -3.68. The first-order valence-corrected chi connectivity index (χ1v) is 7.38. The van der Waals surface area contributed by atoms with Gasteiger partial charge in [0, 0.05) is 5.56 Å². The van der Waals surface area contributed by atoms with E-state index in [2.05, 4.69) is 20.8 Å². The molecule has 0 bridgehead atoms. The number of amides is 1. The third-order valence-corrected chi connectivity index (χ3v) is 3.71. The van der Waals surface area contributed by atoms with Crippen molar-refractivity contribution in [1.82, 2.24) is 15.5 Å². The van der Waals surface area contributed by atoms with E-state index in [4.69, 9.17) is 13.9 Å². The van der Waals surface area contributed by atoms with Crippen molar-refractivity contribution in [3.05, 3.63) is 54.3 Å². The maximum absolute atomic E-state index is 12.7. The molecule has 2 aromatic heterocycles. The molecule has 8 heteroatoms. The van der Waals surface area contributed by atoms with E-state index in [-0.39, 0.29) is 5.91 Å². The predicted octanol–water partition coefficient (Wildman–Crippen LogP) is 3.14. The fraction of sp³-hybridized carbons (Fsp3) is 0.0588. The molecule has 4 aromatic rings. The van der Waals surface area contributed by atoms with Crippen molar-refractivity contribution in [1.29, 1.82) is 0 Å². The van der Waals surface area contributed by atoms with Crippen molar-refractivity contribution in [2.75, 3.05) is 12.4 Å². The highest BCUT2D eigenvalue weighted by molar-refractivity contribution is 6.11. The van der Waals surface area contributed by atoms with E-state index < -0.39 is 0 Å². The van der Waals surface area contributed by atoms with Crippen LogP contribution in [-0.2, 0) is 0 Å². The van der Waals surface area contributed by atoms with Gasteiger partial charge in [0.05, 0.1) is 12.8 Å². The number of anilines is 1. The lowest BCUT2D eigenvalue weighted by Gasteiger charge is -2.06. The van der Waals surface area contributed by atoms with Crippen molar-refractivity contribution >= 4 is 22.6 Å². The van der Waals surface area contributed by atoms with Crippen LogP contribution in [0.1, 0.15) is 10.4 Å². The summed E-state index contributed by atoms with van der Waals surface area (Å²) in [6.07, 6.45) is 1.30. The molecule has 124 valence electrons. The molecule has 0 fully saturated rings. The molecule has 0 saturated heterocycles. The molecule has 0 unspecified atom stereocenters. The number of carbonyl (C=O) groups is 1. The number of hydrogen-bond donors (Lipinski definition) is 1. The number of carbonyl (C=O) groups excluding carboxylic acids is 1. The Kier molecular flexibility index (Phi) is 3.62. The third kappa shape index (κ3) is 2.59. The summed E-state index contributed by atoms with van der Waals surface area (Å²) in [5, 5.41) is 14.3. The van der Waals surface area contributed by atoms with E-state index in [1.54, 1.807) is 12.1 Å². The normalized spacial score (nSPS) is 10.8. The fourth-order valence-electron chi connectivity index (χ4n) is 2.50. The summed E-state index contributed by atoms with van der Waals surface area (Å²) in [6.45, 7) is 0. The molecule has 2 aromatic carbocycles. The van der Waals surface area contributed by atoms with Gasteiger partial charge in [-0.15, -0.1) is 0 Å². The van der Waals surface area contributed by atoms with Crippen LogP contribution in [0.5, 0.6) is 5.75 Å². The quantitative estimate of drug-likeness (QED) is 0.610.